The number of aryl methyl sites for hydroxylation is 1. The normalized spacial score (nSPS) is 12.4. The molecule has 6 heteroatoms. The van der Waals surface area contributed by atoms with Crippen molar-refractivity contribution in [3.63, 3.8) is 0 Å². The number of nitrogens with zero attached hydrogens (tertiary/aromatic N) is 2. The minimum Gasteiger partial charge on any atom is -0.387 e. The van der Waals surface area contributed by atoms with Gasteiger partial charge in [0, 0.05) is 23.7 Å². The first-order valence-electron chi connectivity index (χ1n) is 7.72. The first-order valence-corrected chi connectivity index (χ1v) is 8.10. The van der Waals surface area contributed by atoms with Crippen LogP contribution in [0.1, 0.15) is 54.5 Å². The first-order chi connectivity index (χ1) is 10.9. The second-order valence-corrected chi connectivity index (χ2v) is 6.08. The number of hydrogen-bond acceptors (Lipinski definition) is 3. The average molecular weight is 336 g/mol. The van der Waals surface area contributed by atoms with Crippen molar-refractivity contribution < 1.29 is 9.90 Å². The van der Waals surface area contributed by atoms with Crippen LogP contribution in [0, 0.1) is 0 Å². The summed E-state index contributed by atoms with van der Waals surface area (Å²) < 4.78 is 1.67. The molecule has 5 nitrogen and oxygen atoms in total. The van der Waals surface area contributed by atoms with Crippen molar-refractivity contribution in [2.24, 2.45) is 0 Å². The molecule has 0 bridgehead atoms. The van der Waals surface area contributed by atoms with Gasteiger partial charge in [-0.15, -0.1) is 0 Å². The van der Waals surface area contributed by atoms with Gasteiger partial charge in [0.05, 0.1) is 11.8 Å². The third-order valence-electron chi connectivity index (χ3n) is 3.64. The molecule has 0 saturated carbocycles. The number of aliphatic hydroxyl groups excluding tert-OH is 1. The summed E-state index contributed by atoms with van der Waals surface area (Å²) in [7, 11) is 0. The molecule has 1 unspecified atom stereocenters. The van der Waals surface area contributed by atoms with E-state index in [1.165, 1.54) is 0 Å². The van der Waals surface area contributed by atoms with Crippen LogP contribution in [-0.4, -0.2) is 27.3 Å². The number of aromatic nitrogens is 2. The Morgan fingerprint density at radius 1 is 1.39 bits per heavy atom. The van der Waals surface area contributed by atoms with Crippen LogP contribution in [0.5, 0.6) is 0 Å². The third-order valence-corrected chi connectivity index (χ3v) is 3.99. The number of aliphatic hydroxyl groups is 1. The molecule has 0 aliphatic rings. The zero-order chi connectivity index (χ0) is 17.0. The smallest absolute Gasteiger partial charge is 0.269 e. The predicted molar refractivity (Wildman–Crippen MR) is 90.7 cm³/mol. The minimum absolute atomic E-state index is 0.0917. The Bertz CT molecular complexity index is 682. The highest BCUT2D eigenvalue weighted by atomic mass is 35.5. The van der Waals surface area contributed by atoms with Crippen molar-refractivity contribution in [3.05, 3.63) is 52.3 Å². The van der Waals surface area contributed by atoms with Crippen molar-refractivity contribution >= 4 is 17.5 Å². The first kappa shape index (κ1) is 17.5. The zero-order valence-electron chi connectivity index (χ0n) is 13.6. The van der Waals surface area contributed by atoms with Crippen LogP contribution >= 0.6 is 11.6 Å². The van der Waals surface area contributed by atoms with Crippen LogP contribution in [0.15, 0.2) is 30.3 Å². The molecule has 2 rings (SSSR count). The molecule has 0 spiro atoms. The molecule has 124 valence electrons. The number of rotatable bonds is 6. The van der Waals surface area contributed by atoms with Crippen LogP contribution < -0.4 is 5.32 Å². The highest BCUT2D eigenvalue weighted by molar-refractivity contribution is 6.31. The monoisotopic (exact) mass is 335 g/mol. The van der Waals surface area contributed by atoms with Gasteiger partial charge in [-0.1, -0.05) is 43.6 Å². The Kier molecular flexibility index (Phi) is 5.80. The molecule has 2 aromatic rings. The van der Waals surface area contributed by atoms with E-state index in [9.17, 15) is 9.90 Å². The van der Waals surface area contributed by atoms with E-state index in [0.29, 0.717) is 22.8 Å². The van der Waals surface area contributed by atoms with E-state index in [-0.39, 0.29) is 18.4 Å². The lowest BCUT2D eigenvalue weighted by molar-refractivity contribution is 0.0906. The summed E-state index contributed by atoms with van der Waals surface area (Å²) >= 11 is 6.05. The molecule has 1 atom stereocenters. The molecule has 1 aromatic heterocycles. The van der Waals surface area contributed by atoms with Crippen molar-refractivity contribution in [1.82, 2.24) is 15.1 Å². The predicted octanol–water partition coefficient (Wildman–Crippen LogP) is 3.14. The van der Waals surface area contributed by atoms with Crippen molar-refractivity contribution in [3.8, 4) is 0 Å². The zero-order valence-corrected chi connectivity index (χ0v) is 14.3. The molecule has 0 aliphatic heterocycles. The Hall–Kier alpha value is -1.85. The van der Waals surface area contributed by atoms with Gasteiger partial charge in [-0.2, -0.15) is 5.10 Å². The molecular formula is C17H22ClN3O2. The molecule has 0 radical (unpaired) electrons. The van der Waals surface area contributed by atoms with Gasteiger partial charge in [0.1, 0.15) is 5.69 Å². The Morgan fingerprint density at radius 3 is 2.70 bits per heavy atom. The number of nitrogens with one attached hydrogen (secondary N) is 1. The molecular weight excluding hydrogens is 314 g/mol. The second-order valence-electron chi connectivity index (χ2n) is 5.67. The summed E-state index contributed by atoms with van der Waals surface area (Å²) in [6.45, 7) is 6.71. The topological polar surface area (TPSA) is 67.2 Å². The van der Waals surface area contributed by atoms with Crippen LogP contribution in [0.2, 0.25) is 5.02 Å². The van der Waals surface area contributed by atoms with E-state index >= 15 is 0 Å². The Labute approximate surface area is 141 Å². The summed E-state index contributed by atoms with van der Waals surface area (Å²) in [5.74, 6) is 0.000388. The van der Waals surface area contributed by atoms with Gasteiger partial charge in [-0.3, -0.25) is 9.48 Å². The number of carbonyl (C=O) groups is 1. The fraction of sp³-hybridized carbons (Fsp3) is 0.412. The fourth-order valence-corrected chi connectivity index (χ4v) is 2.54. The molecule has 1 aromatic carbocycles. The highest BCUT2D eigenvalue weighted by Gasteiger charge is 2.18. The molecule has 1 amide bonds. The van der Waals surface area contributed by atoms with E-state index in [1.807, 2.05) is 20.8 Å². The lowest BCUT2D eigenvalue weighted by Crippen LogP contribution is -2.30. The van der Waals surface area contributed by atoms with E-state index in [0.717, 1.165) is 5.69 Å². The van der Waals surface area contributed by atoms with Crippen molar-refractivity contribution in [1.29, 1.82) is 0 Å². The largest absolute Gasteiger partial charge is 0.387 e. The molecule has 0 saturated heterocycles. The van der Waals surface area contributed by atoms with Crippen LogP contribution in [-0.2, 0) is 6.54 Å². The van der Waals surface area contributed by atoms with Crippen molar-refractivity contribution in [2.75, 3.05) is 6.54 Å². The lowest BCUT2D eigenvalue weighted by atomic mass is 10.1. The number of halogens is 1. The molecule has 0 aliphatic carbocycles. The molecule has 2 N–H and O–H groups in total. The van der Waals surface area contributed by atoms with E-state index in [1.54, 1.807) is 35.0 Å². The van der Waals surface area contributed by atoms with Crippen LogP contribution in [0.25, 0.3) is 0 Å². The summed E-state index contributed by atoms with van der Waals surface area (Å²) in [4.78, 5) is 12.4. The maximum Gasteiger partial charge on any atom is 0.269 e. The number of benzene rings is 1. The average Bonchev–Trinajstić information content (AvgIpc) is 2.97. The Balaban J connectivity index is 2.06. The molecule has 23 heavy (non-hydrogen) atoms. The van der Waals surface area contributed by atoms with Gasteiger partial charge in [0.2, 0.25) is 0 Å². The van der Waals surface area contributed by atoms with Gasteiger partial charge < -0.3 is 10.4 Å². The number of hydrogen-bond donors (Lipinski definition) is 2. The van der Waals surface area contributed by atoms with E-state index in [4.69, 9.17) is 11.6 Å². The minimum atomic E-state index is -0.852. The van der Waals surface area contributed by atoms with Crippen molar-refractivity contribution in [2.45, 2.75) is 39.3 Å². The van der Waals surface area contributed by atoms with Gasteiger partial charge in [0.25, 0.3) is 5.91 Å². The SMILES string of the molecule is CCn1nc(C(C)C)cc1C(=O)NCC(O)c1ccccc1Cl. The number of amides is 1. The van der Waals surface area contributed by atoms with Gasteiger partial charge in [-0.05, 0) is 25.0 Å². The van der Waals surface area contributed by atoms with Crippen LogP contribution in [0.4, 0.5) is 0 Å². The second kappa shape index (κ2) is 7.62. The fourth-order valence-electron chi connectivity index (χ4n) is 2.28. The quantitative estimate of drug-likeness (QED) is 0.852. The van der Waals surface area contributed by atoms with Gasteiger partial charge >= 0.3 is 0 Å². The lowest BCUT2D eigenvalue weighted by Gasteiger charge is -2.13. The summed E-state index contributed by atoms with van der Waals surface area (Å²) in [6.07, 6.45) is -0.852. The summed E-state index contributed by atoms with van der Waals surface area (Å²) in [6, 6.07) is 8.85. The maximum absolute atomic E-state index is 12.4. The van der Waals surface area contributed by atoms with Gasteiger partial charge in [-0.25, -0.2) is 0 Å². The summed E-state index contributed by atoms with van der Waals surface area (Å²) in [5, 5.41) is 17.8. The van der Waals surface area contributed by atoms with E-state index < -0.39 is 6.10 Å². The standard InChI is InChI=1S/C17H22ClN3O2/c1-4-21-15(9-14(20-21)11(2)3)17(23)19-10-16(22)12-7-5-6-8-13(12)18/h5-9,11,16,22H,4,10H2,1-3H3,(H,19,23). The molecule has 1 heterocycles. The van der Waals surface area contributed by atoms with E-state index in [2.05, 4.69) is 10.4 Å². The van der Waals surface area contributed by atoms with Gasteiger partial charge in [0.15, 0.2) is 0 Å². The number of carbonyl (C=O) groups excluding carboxylic acids is 1. The Morgan fingerprint density at radius 2 is 2.09 bits per heavy atom. The molecule has 0 fully saturated rings. The summed E-state index contributed by atoms with van der Waals surface area (Å²) in [5.41, 5.74) is 1.98. The third kappa shape index (κ3) is 4.12. The van der Waals surface area contributed by atoms with Crippen LogP contribution in [0.3, 0.4) is 0 Å². The highest BCUT2D eigenvalue weighted by Crippen LogP contribution is 2.22. The maximum atomic E-state index is 12.4.